The second-order valence-corrected chi connectivity index (χ2v) is 7.82. The van der Waals surface area contributed by atoms with Crippen molar-refractivity contribution in [2.45, 2.75) is 12.2 Å². The van der Waals surface area contributed by atoms with E-state index in [4.69, 9.17) is 0 Å². The van der Waals surface area contributed by atoms with Crippen molar-refractivity contribution in [1.29, 1.82) is 0 Å². The molecule has 2 aromatic carbocycles. The minimum atomic E-state index is -4.54. The Bertz CT molecular complexity index is 1060. The van der Waals surface area contributed by atoms with E-state index in [-0.39, 0.29) is 18.3 Å². The zero-order chi connectivity index (χ0) is 21.9. The highest BCUT2D eigenvalue weighted by Crippen LogP contribution is 2.32. The zero-order valence-electron chi connectivity index (χ0n) is 16.3. The zero-order valence-corrected chi connectivity index (χ0v) is 17.1. The molecule has 0 unspecified atom stereocenters. The number of amides is 2. The minimum Gasteiger partial charge on any atom is -0.346 e. The van der Waals surface area contributed by atoms with Gasteiger partial charge in [-0.3, -0.25) is 9.59 Å². The number of nitrogens with one attached hydrogen (secondary N) is 2. The first-order valence-electron chi connectivity index (χ1n) is 9.06. The third-order valence-electron chi connectivity index (χ3n) is 4.60. The molecule has 2 amide bonds. The van der Waals surface area contributed by atoms with Gasteiger partial charge in [-0.05, 0) is 54.7 Å². The van der Waals surface area contributed by atoms with E-state index in [2.05, 4.69) is 10.6 Å². The Labute approximate surface area is 175 Å². The highest BCUT2D eigenvalue weighted by Gasteiger charge is 2.30. The van der Waals surface area contributed by atoms with Gasteiger partial charge in [-0.2, -0.15) is 13.2 Å². The van der Waals surface area contributed by atoms with Crippen LogP contribution in [-0.4, -0.2) is 37.4 Å². The highest BCUT2D eigenvalue weighted by molar-refractivity contribution is 7.17. The number of carbonyl (C=O) groups excluding carboxylic acids is 2. The SMILES string of the molecule is CN(C)[C@H](CNC(=O)C(=O)Nc1cccc(C(F)(F)F)c1)c1csc2ccccc12. The lowest BCUT2D eigenvalue weighted by atomic mass is 10.0. The van der Waals surface area contributed by atoms with Crippen LogP contribution in [0.5, 0.6) is 0 Å². The Balaban J connectivity index is 1.67. The second kappa shape index (κ2) is 8.85. The van der Waals surface area contributed by atoms with E-state index in [0.29, 0.717) is 0 Å². The molecule has 1 aromatic heterocycles. The number of nitrogens with zero attached hydrogens (tertiary/aromatic N) is 1. The molecule has 158 valence electrons. The summed E-state index contributed by atoms with van der Waals surface area (Å²) in [7, 11) is 3.73. The van der Waals surface area contributed by atoms with Crippen LogP contribution in [0.4, 0.5) is 18.9 Å². The van der Waals surface area contributed by atoms with Gasteiger partial charge in [0.1, 0.15) is 0 Å². The van der Waals surface area contributed by atoms with Gasteiger partial charge in [0.2, 0.25) is 0 Å². The predicted molar refractivity (Wildman–Crippen MR) is 111 cm³/mol. The van der Waals surface area contributed by atoms with E-state index in [1.807, 2.05) is 48.6 Å². The molecular weight excluding hydrogens is 415 g/mol. The molecule has 0 aliphatic heterocycles. The average molecular weight is 435 g/mol. The first kappa shape index (κ1) is 21.8. The number of likely N-dealkylation sites (N-methyl/N-ethyl adjacent to an activating group) is 1. The van der Waals surface area contributed by atoms with Gasteiger partial charge in [-0.15, -0.1) is 11.3 Å². The lowest BCUT2D eigenvalue weighted by Gasteiger charge is -2.24. The maximum atomic E-state index is 12.8. The van der Waals surface area contributed by atoms with Crippen LogP contribution in [0.25, 0.3) is 10.1 Å². The van der Waals surface area contributed by atoms with Crippen molar-refractivity contribution in [3.05, 3.63) is 65.0 Å². The van der Waals surface area contributed by atoms with Crippen molar-refractivity contribution < 1.29 is 22.8 Å². The first-order valence-corrected chi connectivity index (χ1v) is 9.94. The molecule has 2 N–H and O–H groups in total. The molecule has 30 heavy (non-hydrogen) atoms. The van der Waals surface area contributed by atoms with Crippen molar-refractivity contribution in [3.8, 4) is 0 Å². The molecule has 0 saturated heterocycles. The monoisotopic (exact) mass is 435 g/mol. The summed E-state index contributed by atoms with van der Waals surface area (Å²) >= 11 is 1.59. The van der Waals surface area contributed by atoms with Crippen molar-refractivity contribution in [3.63, 3.8) is 0 Å². The molecule has 0 aliphatic rings. The molecule has 9 heteroatoms. The van der Waals surface area contributed by atoms with E-state index >= 15 is 0 Å². The molecular formula is C21H20F3N3O2S. The number of hydrogen-bond donors (Lipinski definition) is 2. The summed E-state index contributed by atoms with van der Waals surface area (Å²) < 4.78 is 39.5. The molecule has 0 aliphatic carbocycles. The summed E-state index contributed by atoms with van der Waals surface area (Å²) in [4.78, 5) is 26.3. The molecule has 0 fully saturated rings. The molecule has 0 saturated carbocycles. The summed E-state index contributed by atoms with van der Waals surface area (Å²) in [6, 6.07) is 11.9. The number of carbonyl (C=O) groups is 2. The van der Waals surface area contributed by atoms with Gasteiger partial charge in [0.25, 0.3) is 0 Å². The van der Waals surface area contributed by atoms with Crippen LogP contribution >= 0.6 is 11.3 Å². The molecule has 0 radical (unpaired) electrons. The average Bonchev–Trinajstić information content (AvgIpc) is 3.11. The van der Waals surface area contributed by atoms with Gasteiger partial charge in [0.15, 0.2) is 0 Å². The number of thiophene rings is 1. The fourth-order valence-electron chi connectivity index (χ4n) is 3.06. The first-order chi connectivity index (χ1) is 14.2. The van der Waals surface area contributed by atoms with Gasteiger partial charge < -0.3 is 15.5 Å². The van der Waals surface area contributed by atoms with Crippen LogP contribution in [0.3, 0.4) is 0 Å². The number of hydrogen-bond acceptors (Lipinski definition) is 4. The van der Waals surface area contributed by atoms with Gasteiger partial charge >= 0.3 is 18.0 Å². The third kappa shape index (κ3) is 4.98. The Morgan fingerprint density at radius 3 is 2.50 bits per heavy atom. The summed E-state index contributed by atoms with van der Waals surface area (Å²) in [5.41, 5.74) is 0.0230. The second-order valence-electron chi connectivity index (χ2n) is 6.91. The molecule has 0 bridgehead atoms. The Kier molecular flexibility index (Phi) is 6.42. The van der Waals surface area contributed by atoms with Crippen LogP contribution in [-0.2, 0) is 15.8 Å². The number of alkyl halides is 3. The number of benzene rings is 2. The van der Waals surface area contributed by atoms with Crippen molar-refractivity contribution >= 4 is 38.9 Å². The van der Waals surface area contributed by atoms with Crippen molar-refractivity contribution in [1.82, 2.24) is 10.2 Å². The standard InChI is InChI=1S/C21H20F3N3O2S/c1-27(2)17(16-12-30-18-9-4-3-8-15(16)18)11-25-19(28)20(29)26-14-7-5-6-13(10-14)21(22,23)24/h3-10,12,17H,11H2,1-2H3,(H,25,28)(H,26,29)/t17-/m1/s1. The number of rotatable bonds is 5. The Hall–Kier alpha value is -2.91. The fraction of sp³-hybridized carbons (Fsp3) is 0.238. The molecule has 3 rings (SSSR count). The third-order valence-corrected chi connectivity index (χ3v) is 5.58. The smallest absolute Gasteiger partial charge is 0.346 e. The molecule has 3 aromatic rings. The van der Waals surface area contributed by atoms with E-state index in [1.54, 1.807) is 11.3 Å². The van der Waals surface area contributed by atoms with Crippen LogP contribution in [0.2, 0.25) is 0 Å². The number of halogens is 3. The van der Waals surface area contributed by atoms with E-state index in [0.717, 1.165) is 27.8 Å². The minimum absolute atomic E-state index is 0.0991. The molecule has 0 spiro atoms. The Morgan fingerprint density at radius 2 is 1.80 bits per heavy atom. The summed E-state index contributed by atoms with van der Waals surface area (Å²) in [6.45, 7) is 0.169. The lowest BCUT2D eigenvalue weighted by molar-refractivity contribution is -0.137. The maximum absolute atomic E-state index is 12.8. The number of fused-ring (bicyclic) bond motifs is 1. The summed E-state index contributed by atoms with van der Waals surface area (Å²) in [5.74, 6) is -1.94. The normalized spacial score (nSPS) is 12.7. The summed E-state index contributed by atoms with van der Waals surface area (Å²) in [6.07, 6.45) is -4.54. The largest absolute Gasteiger partial charge is 0.416 e. The topological polar surface area (TPSA) is 61.4 Å². The van der Waals surface area contributed by atoms with Crippen molar-refractivity contribution in [2.24, 2.45) is 0 Å². The number of anilines is 1. The predicted octanol–water partition coefficient (Wildman–Crippen LogP) is 4.28. The molecule has 1 heterocycles. The quantitative estimate of drug-likeness (QED) is 0.588. The van der Waals surface area contributed by atoms with Gasteiger partial charge in [0.05, 0.1) is 11.6 Å². The van der Waals surface area contributed by atoms with E-state index in [9.17, 15) is 22.8 Å². The lowest BCUT2D eigenvalue weighted by Crippen LogP contribution is -2.40. The summed E-state index contributed by atoms with van der Waals surface area (Å²) in [5, 5.41) is 7.87. The van der Waals surface area contributed by atoms with E-state index < -0.39 is 23.6 Å². The van der Waals surface area contributed by atoms with Gasteiger partial charge in [-0.1, -0.05) is 24.3 Å². The molecule has 1 atom stereocenters. The van der Waals surface area contributed by atoms with Crippen molar-refractivity contribution in [2.75, 3.05) is 26.0 Å². The Morgan fingerprint density at radius 1 is 1.07 bits per heavy atom. The maximum Gasteiger partial charge on any atom is 0.416 e. The van der Waals surface area contributed by atoms with Crippen LogP contribution in [0.15, 0.2) is 53.9 Å². The fourth-order valence-corrected chi connectivity index (χ4v) is 4.07. The van der Waals surface area contributed by atoms with E-state index in [1.165, 1.54) is 12.1 Å². The molecule has 5 nitrogen and oxygen atoms in total. The van der Waals surface area contributed by atoms with Gasteiger partial charge in [0, 0.05) is 16.9 Å². The van der Waals surface area contributed by atoms with Crippen LogP contribution in [0.1, 0.15) is 17.2 Å². The highest BCUT2D eigenvalue weighted by atomic mass is 32.1. The van der Waals surface area contributed by atoms with Gasteiger partial charge in [-0.25, -0.2) is 0 Å². The van der Waals surface area contributed by atoms with Crippen LogP contribution < -0.4 is 10.6 Å². The van der Waals surface area contributed by atoms with Crippen LogP contribution in [0, 0.1) is 0 Å².